The smallest absolute Gasteiger partial charge is 0.144 e. The minimum absolute atomic E-state index is 0.183. The number of benzene rings is 1. The first-order chi connectivity index (χ1) is 9.48. The van der Waals surface area contributed by atoms with Gasteiger partial charge in [-0.3, -0.25) is 0 Å². The fraction of sp³-hybridized carbons (Fsp3) is 0.333. The summed E-state index contributed by atoms with van der Waals surface area (Å²) >= 11 is 1.82. The summed E-state index contributed by atoms with van der Waals surface area (Å²) in [5.41, 5.74) is 4.56. The van der Waals surface area contributed by atoms with Gasteiger partial charge < -0.3 is 5.43 Å². The topological polar surface area (TPSA) is 63.8 Å². The van der Waals surface area contributed by atoms with Crippen molar-refractivity contribution in [2.75, 3.05) is 5.43 Å². The number of hydrogen-bond donors (Lipinski definition) is 2. The van der Waals surface area contributed by atoms with Gasteiger partial charge in [-0.2, -0.15) is 0 Å². The van der Waals surface area contributed by atoms with Crippen LogP contribution in [-0.4, -0.2) is 14.7 Å². The average molecular weight is 288 g/mol. The summed E-state index contributed by atoms with van der Waals surface area (Å²) in [4.78, 5) is 9.04. The maximum Gasteiger partial charge on any atom is 0.144 e. The van der Waals surface area contributed by atoms with Crippen LogP contribution in [0.4, 0.5) is 5.82 Å². The Kier molecular flexibility index (Phi) is 4.62. The predicted molar refractivity (Wildman–Crippen MR) is 86.3 cm³/mol. The molecule has 1 heterocycles. The lowest BCUT2D eigenvalue weighted by Gasteiger charge is -2.17. The second-order valence-corrected chi connectivity index (χ2v) is 7.27. The summed E-state index contributed by atoms with van der Waals surface area (Å²) in [5.74, 6) is 7.70. The van der Waals surface area contributed by atoms with Gasteiger partial charge in [-0.15, -0.1) is 11.8 Å². The lowest BCUT2D eigenvalue weighted by molar-refractivity contribution is 0.800. The molecule has 106 valence electrons. The van der Waals surface area contributed by atoms with Crippen molar-refractivity contribution in [2.24, 2.45) is 5.84 Å². The van der Waals surface area contributed by atoms with Crippen molar-refractivity contribution < 1.29 is 0 Å². The van der Waals surface area contributed by atoms with E-state index in [1.54, 1.807) is 0 Å². The molecule has 2 rings (SSSR count). The lowest BCUT2D eigenvalue weighted by atomic mass is 10.1. The van der Waals surface area contributed by atoms with Gasteiger partial charge in [-0.05, 0) is 0 Å². The van der Waals surface area contributed by atoms with Crippen molar-refractivity contribution in [1.29, 1.82) is 0 Å². The molecule has 0 spiro atoms. The van der Waals surface area contributed by atoms with Gasteiger partial charge in [0, 0.05) is 16.4 Å². The highest BCUT2D eigenvalue weighted by Crippen LogP contribution is 2.27. The van der Waals surface area contributed by atoms with Crippen molar-refractivity contribution in [3.63, 3.8) is 0 Å². The van der Waals surface area contributed by atoms with Crippen molar-refractivity contribution in [3.8, 4) is 11.3 Å². The molecule has 0 unspecified atom stereocenters. The van der Waals surface area contributed by atoms with E-state index in [2.05, 4.69) is 36.2 Å². The summed E-state index contributed by atoms with van der Waals surface area (Å²) in [6.45, 7) is 6.54. The van der Waals surface area contributed by atoms with E-state index in [9.17, 15) is 0 Å². The molecule has 0 amide bonds. The Morgan fingerprint density at radius 2 is 1.85 bits per heavy atom. The maximum atomic E-state index is 5.50. The van der Waals surface area contributed by atoms with Gasteiger partial charge in [-0.1, -0.05) is 51.1 Å². The van der Waals surface area contributed by atoms with E-state index in [-0.39, 0.29) is 4.75 Å². The minimum atomic E-state index is 0.183. The van der Waals surface area contributed by atoms with Gasteiger partial charge in [0.1, 0.15) is 11.6 Å². The van der Waals surface area contributed by atoms with Crippen LogP contribution in [0, 0.1) is 0 Å². The molecule has 1 aromatic heterocycles. The molecule has 0 saturated heterocycles. The van der Waals surface area contributed by atoms with Gasteiger partial charge in [0.2, 0.25) is 0 Å². The lowest BCUT2D eigenvalue weighted by Crippen LogP contribution is -2.12. The first-order valence-electron chi connectivity index (χ1n) is 6.52. The van der Waals surface area contributed by atoms with Crippen LogP contribution in [0.25, 0.3) is 11.3 Å². The molecule has 2 aromatic rings. The quantitative estimate of drug-likeness (QED) is 0.666. The van der Waals surface area contributed by atoms with Crippen LogP contribution in [0.1, 0.15) is 26.6 Å². The van der Waals surface area contributed by atoms with Crippen LogP contribution in [0.2, 0.25) is 0 Å². The van der Waals surface area contributed by atoms with E-state index < -0.39 is 0 Å². The number of hydrazine groups is 1. The zero-order valence-corrected chi connectivity index (χ0v) is 12.9. The van der Waals surface area contributed by atoms with Gasteiger partial charge in [0.05, 0.1) is 11.4 Å². The van der Waals surface area contributed by atoms with E-state index >= 15 is 0 Å². The molecule has 4 nitrogen and oxygen atoms in total. The van der Waals surface area contributed by atoms with Gasteiger partial charge in [0.25, 0.3) is 0 Å². The van der Waals surface area contributed by atoms with Crippen LogP contribution in [0.15, 0.2) is 36.4 Å². The third-order valence-corrected chi connectivity index (χ3v) is 3.89. The molecule has 3 N–H and O–H groups in total. The predicted octanol–water partition coefficient (Wildman–Crippen LogP) is 3.46. The van der Waals surface area contributed by atoms with Crippen LogP contribution in [0.5, 0.6) is 0 Å². The Morgan fingerprint density at radius 1 is 1.15 bits per heavy atom. The van der Waals surface area contributed by atoms with E-state index in [1.165, 1.54) is 0 Å². The Hall–Kier alpha value is -1.59. The second-order valence-electron chi connectivity index (χ2n) is 5.47. The van der Waals surface area contributed by atoms with E-state index in [0.29, 0.717) is 5.82 Å². The standard InChI is InChI=1S/C15H20N4S/c1-15(2,3)20-10-14-17-12(9-13(18-14)19-16)11-7-5-4-6-8-11/h4-9H,10,16H2,1-3H3,(H,17,18,19). The average Bonchev–Trinajstić information content (AvgIpc) is 2.45. The summed E-state index contributed by atoms with van der Waals surface area (Å²) in [6.07, 6.45) is 0. The normalized spacial score (nSPS) is 11.4. The van der Waals surface area contributed by atoms with Gasteiger partial charge >= 0.3 is 0 Å². The summed E-state index contributed by atoms with van der Waals surface area (Å²) in [7, 11) is 0. The molecule has 0 aliphatic rings. The highest BCUT2D eigenvalue weighted by atomic mass is 32.2. The fourth-order valence-corrected chi connectivity index (χ4v) is 2.36. The molecule has 0 fully saturated rings. The van der Waals surface area contributed by atoms with Crippen molar-refractivity contribution in [1.82, 2.24) is 9.97 Å². The molecule has 0 radical (unpaired) electrons. The number of nitrogen functional groups attached to an aromatic ring is 1. The second kappa shape index (κ2) is 6.24. The molecule has 20 heavy (non-hydrogen) atoms. The molecule has 0 atom stereocenters. The van der Waals surface area contributed by atoms with E-state index in [0.717, 1.165) is 22.8 Å². The van der Waals surface area contributed by atoms with E-state index in [4.69, 9.17) is 5.84 Å². The molecule has 0 aliphatic carbocycles. The monoisotopic (exact) mass is 288 g/mol. The highest BCUT2D eigenvalue weighted by molar-refractivity contribution is 7.99. The summed E-state index contributed by atoms with van der Waals surface area (Å²) in [6, 6.07) is 11.9. The fourth-order valence-electron chi connectivity index (χ4n) is 1.67. The Balaban J connectivity index is 2.30. The zero-order chi connectivity index (χ0) is 14.6. The Bertz CT molecular complexity index is 564. The molecular formula is C15H20N4S. The van der Waals surface area contributed by atoms with Crippen molar-refractivity contribution in [2.45, 2.75) is 31.3 Å². The molecule has 0 aliphatic heterocycles. The zero-order valence-electron chi connectivity index (χ0n) is 12.1. The minimum Gasteiger partial charge on any atom is -0.308 e. The molecular weight excluding hydrogens is 268 g/mol. The number of anilines is 1. The maximum absolute atomic E-state index is 5.50. The first-order valence-corrected chi connectivity index (χ1v) is 7.50. The van der Waals surface area contributed by atoms with E-state index in [1.807, 2.05) is 48.2 Å². The molecule has 0 bridgehead atoms. The molecule has 5 heteroatoms. The third-order valence-electron chi connectivity index (χ3n) is 2.62. The Labute approximate surface area is 124 Å². The number of aromatic nitrogens is 2. The van der Waals surface area contributed by atoms with Crippen LogP contribution in [-0.2, 0) is 5.75 Å². The largest absolute Gasteiger partial charge is 0.308 e. The van der Waals surface area contributed by atoms with Gasteiger partial charge in [-0.25, -0.2) is 15.8 Å². The number of thioether (sulfide) groups is 1. The van der Waals surface area contributed by atoms with Crippen LogP contribution in [0.3, 0.4) is 0 Å². The first kappa shape index (κ1) is 14.8. The number of nitrogens with one attached hydrogen (secondary N) is 1. The molecule has 1 aromatic carbocycles. The third kappa shape index (κ3) is 4.21. The molecule has 0 saturated carbocycles. The number of hydrogen-bond acceptors (Lipinski definition) is 5. The number of nitrogens with two attached hydrogens (primary N) is 1. The van der Waals surface area contributed by atoms with Gasteiger partial charge in [0.15, 0.2) is 0 Å². The van der Waals surface area contributed by atoms with Crippen molar-refractivity contribution in [3.05, 3.63) is 42.2 Å². The Morgan fingerprint density at radius 3 is 2.45 bits per heavy atom. The SMILES string of the molecule is CC(C)(C)SCc1nc(NN)cc(-c2ccccc2)n1. The summed E-state index contributed by atoms with van der Waals surface area (Å²) < 4.78 is 0.183. The van der Waals surface area contributed by atoms with Crippen LogP contribution >= 0.6 is 11.8 Å². The summed E-state index contributed by atoms with van der Waals surface area (Å²) in [5, 5.41) is 0. The van der Waals surface area contributed by atoms with Crippen LogP contribution < -0.4 is 11.3 Å². The number of nitrogens with zero attached hydrogens (tertiary/aromatic N) is 2. The van der Waals surface area contributed by atoms with Crippen molar-refractivity contribution >= 4 is 17.6 Å². The highest BCUT2D eigenvalue weighted by Gasteiger charge is 2.13. The number of rotatable bonds is 4.